The maximum Gasteiger partial charge on any atom is 0.397 e. The highest BCUT2D eigenvalue weighted by Crippen LogP contribution is 2.43. The molecule has 0 fully saturated rings. The maximum absolute atomic E-state index is 12.5. The van der Waals surface area contributed by atoms with Crippen molar-refractivity contribution in [2.75, 3.05) is 46.8 Å². The van der Waals surface area contributed by atoms with Crippen molar-refractivity contribution in [3.05, 3.63) is 78.1 Å². The van der Waals surface area contributed by atoms with E-state index in [0.717, 1.165) is 54.6 Å². The van der Waals surface area contributed by atoms with E-state index < -0.39 is 124 Å². The lowest BCUT2D eigenvalue weighted by Crippen LogP contribution is -2.15. The fraction of sp³-hybridized carbons (Fsp3) is 0.129. The number of sulfone groups is 2. The fourth-order valence-electron chi connectivity index (χ4n) is 5.09. The molecular weight excluding hydrogens is 1040 g/mol. The van der Waals surface area contributed by atoms with Crippen molar-refractivity contribution in [3.8, 4) is 0 Å². The Balaban J connectivity index is 1.41. The van der Waals surface area contributed by atoms with Gasteiger partial charge in [-0.15, -0.1) is 15.3 Å². The highest BCUT2D eigenvalue weighted by atomic mass is 35.5. The van der Waals surface area contributed by atoms with Gasteiger partial charge in [0, 0.05) is 11.4 Å². The summed E-state index contributed by atoms with van der Waals surface area (Å²) in [5, 5.41) is 20.3. The summed E-state index contributed by atoms with van der Waals surface area (Å²) in [6.45, 7) is -1.74. The van der Waals surface area contributed by atoms with E-state index in [1.54, 1.807) is 0 Å². The highest BCUT2D eigenvalue weighted by Gasteiger charge is 2.24. The molecule has 0 aliphatic rings. The van der Waals surface area contributed by atoms with Crippen LogP contribution in [-0.2, 0) is 69.1 Å². The van der Waals surface area contributed by atoms with Crippen LogP contribution in [0.3, 0.4) is 0 Å². The molecule has 0 unspecified atom stereocenters. The molecule has 67 heavy (non-hydrogen) atoms. The Hall–Kier alpha value is -5.96. The summed E-state index contributed by atoms with van der Waals surface area (Å²) in [4.78, 5) is 9.58. The van der Waals surface area contributed by atoms with Crippen LogP contribution in [0.25, 0.3) is 0 Å². The zero-order chi connectivity index (χ0) is 49.8. The van der Waals surface area contributed by atoms with Gasteiger partial charge >= 0.3 is 20.8 Å². The van der Waals surface area contributed by atoms with Gasteiger partial charge in [0.2, 0.25) is 17.2 Å². The standard InChI is InChI=1S/C31H30ClN11O18S6/c32-29-37-30(35-17-1-6-20(7-2-17)62(44,45)13-11-60-66(54,55)56)39-31(38-29)36-19-5-10-24(64(48,49)50)22(15-19)41-42-23-16-25(65(51,52)53)27(34)28(26(23)33)43-40-18-3-8-21(9-4-18)63(46,47)14-12-61-67(57,58)59/h1-10,15-16H,11-14,33-34H2,(H,48,49,50)(H,51,52,53)(H,54,55,56)(H,57,58,59)(H2,35,36,37,38,39). The highest BCUT2D eigenvalue weighted by molar-refractivity contribution is 7.91. The number of aromatic nitrogens is 3. The average molecular weight is 1070 g/mol. The minimum Gasteiger partial charge on any atom is -0.396 e. The SMILES string of the molecule is Nc1c(N=Nc2cc(Nc3nc(Cl)nc(Nc4ccc(S(=O)(=O)CCOS(=O)(=O)O)cc4)n3)ccc2S(=O)(=O)O)cc(S(=O)(=O)O)c(N)c1N=Nc1ccc(S(=O)(=O)CCOS(=O)(=O)O)cc1. The van der Waals surface area contributed by atoms with E-state index in [9.17, 15) is 59.6 Å². The van der Waals surface area contributed by atoms with Crippen LogP contribution in [0, 0.1) is 0 Å². The zero-order valence-electron chi connectivity index (χ0n) is 32.9. The predicted octanol–water partition coefficient (Wildman–Crippen LogP) is 3.69. The average Bonchev–Trinajstić information content (AvgIpc) is 3.18. The molecule has 0 saturated carbocycles. The molecule has 36 heteroatoms. The number of hydrogen-bond acceptors (Lipinski definition) is 25. The number of anilines is 6. The number of nitrogens with two attached hydrogens (primary N) is 2. The van der Waals surface area contributed by atoms with E-state index >= 15 is 0 Å². The van der Waals surface area contributed by atoms with Crippen LogP contribution in [0.4, 0.5) is 57.4 Å². The molecule has 0 aliphatic carbocycles. The topological polar surface area (TPSA) is 468 Å². The molecular formula is C31H30ClN11O18S6. The quantitative estimate of drug-likeness (QED) is 0.0313. The number of nitrogens with one attached hydrogen (secondary N) is 2. The molecule has 1 heterocycles. The maximum atomic E-state index is 12.5. The molecule has 0 radical (unpaired) electrons. The molecule has 0 amide bonds. The third-order valence-corrected chi connectivity index (χ3v) is 14.3. The number of rotatable bonds is 20. The smallest absolute Gasteiger partial charge is 0.396 e. The summed E-state index contributed by atoms with van der Waals surface area (Å²) in [6, 6.07) is 12.9. The lowest BCUT2D eigenvalue weighted by molar-refractivity contribution is 0.282. The number of nitrogens with zero attached hydrogens (tertiary/aromatic N) is 7. The van der Waals surface area contributed by atoms with Crippen molar-refractivity contribution in [2.24, 2.45) is 20.5 Å². The Labute approximate surface area is 384 Å². The van der Waals surface area contributed by atoms with Gasteiger partial charge < -0.3 is 22.1 Å². The molecule has 4 aromatic carbocycles. The van der Waals surface area contributed by atoms with Crippen LogP contribution in [0.1, 0.15) is 0 Å². The number of nitrogen functional groups attached to an aromatic ring is 2. The van der Waals surface area contributed by atoms with Crippen molar-refractivity contribution < 1.29 is 77.1 Å². The van der Waals surface area contributed by atoms with Gasteiger partial charge in [0.15, 0.2) is 19.7 Å². The van der Waals surface area contributed by atoms with Crippen molar-refractivity contribution >= 4 is 130 Å². The Morgan fingerprint density at radius 3 is 1.49 bits per heavy atom. The minimum absolute atomic E-state index is 0.0363. The number of hydrogen-bond donors (Lipinski definition) is 8. The van der Waals surface area contributed by atoms with Crippen molar-refractivity contribution in [3.63, 3.8) is 0 Å². The van der Waals surface area contributed by atoms with E-state index in [0.29, 0.717) is 6.07 Å². The van der Waals surface area contributed by atoms with Crippen LogP contribution >= 0.6 is 11.6 Å². The largest absolute Gasteiger partial charge is 0.397 e. The molecule has 0 spiro atoms. The summed E-state index contributed by atoms with van der Waals surface area (Å²) in [5.41, 5.74) is 9.14. The first-order valence-corrected chi connectivity index (χ1v) is 26.7. The van der Waals surface area contributed by atoms with Crippen LogP contribution in [0.5, 0.6) is 0 Å². The van der Waals surface area contributed by atoms with Crippen LogP contribution in [-0.4, -0.2) is 108 Å². The first kappa shape index (κ1) is 52.0. The molecule has 0 saturated heterocycles. The summed E-state index contributed by atoms with van der Waals surface area (Å²) in [6.07, 6.45) is 0. The lowest BCUT2D eigenvalue weighted by atomic mass is 10.2. The number of halogens is 1. The summed E-state index contributed by atoms with van der Waals surface area (Å²) >= 11 is 6.09. The van der Waals surface area contributed by atoms with Gasteiger partial charge in [0.1, 0.15) is 26.9 Å². The number of azo groups is 2. The normalized spacial score (nSPS) is 13.0. The monoisotopic (exact) mass is 1070 g/mol. The number of benzene rings is 4. The second kappa shape index (κ2) is 20.1. The molecule has 0 bridgehead atoms. The van der Waals surface area contributed by atoms with E-state index in [-0.39, 0.29) is 44.0 Å². The second-order valence-corrected chi connectivity index (χ2v) is 22.3. The van der Waals surface area contributed by atoms with Crippen molar-refractivity contribution in [1.29, 1.82) is 0 Å². The van der Waals surface area contributed by atoms with Crippen molar-refractivity contribution in [2.45, 2.75) is 19.6 Å². The zero-order valence-corrected chi connectivity index (χ0v) is 38.5. The third kappa shape index (κ3) is 14.8. The molecule has 360 valence electrons. The van der Waals surface area contributed by atoms with Crippen LogP contribution in [0.15, 0.2) is 113 Å². The van der Waals surface area contributed by atoms with Crippen molar-refractivity contribution in [1.82, 2.24) is 15.0 Å². The molecule has 5 aromatic rings. The summed E-state index contributed by atoms with van der Waals surface area (Å²) in [5.74, 6) is -2.11. The second-order valence-electron chi connectivity index (χ2n) is 12.8. The molecule has 1 aromatic heterocycles. The van der Waals surface area contributed by atoms with E-state index in [1.807, 2.05) is 0 Å². The third-order valence-electron chi connectivity index (χ3n) is 8.06. The Kier molecular flexibility index (Phi) is 15.6. The molecule has 10 N–H and O–H groups in total. The van der Waals surface area contributed by atoms with E-state index in [4.69, 9.17) is 32.2 Å². The molecule has 0 atom stereocenters. The minimum atomic E-state index is -5.16. The summed E-state index contributed by atoms with van der Waals surface area (Å²) < 4.78 is 188. The first-order chi connectivity index (χ1) is 30.9. The first-order valence-electron chi connectivity index (χ1n) is 17.4. The van der Waals surface area contributed by atoms with Gasteiger partial charge in [0.25, 0.3) is 20.2 Å². The van der Waals surface area contributed by atoms with Gasteiger partial charge in [-0.1, -0.05) is 0 Å². The fourth-order valence-corrected chi connectivity index (χ4v) is 9.47. The predicted molar refractivity (Wildman–Crippen MR) is 233 cm³/mol. The lowest BCUT2D eigenvalue weighted by Gasteiger charge is -2.11. The van der Waals surface area contributed by atoms with Gasteiger partial charge in [-0.05, 0) is 84.4 Å². The van der Waals surface area contributed by atoms with Crippen LogP contribution < -0.4 is 22.1 Å². The van der Waals surface area contributed by atoms with Gasteiger partial charge in [-0.3, -0.25) is 18.2 Å². The Bertz CT molecular complexity index is 3480. The van der Waals surface area contributed by atoms with Gasteiger partial charge in [0.05, 0.1) is 51.6 Å². The molecule has 0 aliphatic heterocycles. The molecule has 29 nitrogen and oxygen atoms in total. The van der Waals surface area contributed by atoms with E-state index in [1.165, 1.54) is 12.1 Å². The van der Waals surface area contributed by atoms with Crippen LogP contribution in [0.2, 0.25) is 5.28 Å². The Morgan fingerprint density at radius 2 is 1.00 bits per heavy atom. The van der Waals surface area contributed by atoms with E-state index in [2.05, 4.69) is 54.4 Å². The van der Waals surface area contributed by atoms with Gasteiger partial charge in [-0.25, -0.2) is 25.2 Å². The molecule has 5 rings (SSSR count). The van der Waals surface area contributed by atoms with Gasteiger partial charge in [-0.2, -0.15) is 53.7 Å². The Morgan fingerprint density at radius 1 is 0.537 bits per heavy atom. The summed E-state index contributed by atoms with van der Waals surface area (Å²) in [7, 11) is -28.1.